The molecule has 4 nitrogen and oxygen atoms in total. The third-order valence-electron chi connectivity index (χ3n) is 3.38. The van der Waals surface area contributed by atoms with Gasteiger partial charge in [0.1, 0.15) is 5.75 Å². The Morgan fingerprint density at radius 3 is 2.95 bits per heavy atom. The van der Waals surface area contributed by atoms with Gasteiger partial charge in [-0.15, -0.1) is 0 Å². The van der Waals surface area contributed by atoms with Crippen LogP contribution in [0.25, 0.3) is 10.9 Å². The Labute approximate surface area is 116 Å². The maximum absolute atomic E-state index is 9.51. The fourth-order valence-electron chi connectivity index (χ4n) is 2.36. The average molecular weight is 263 g/mol. The van der Waals surface area contributed by atoms with E-state index in [0.29, 0.717) is 0 Å². The molecule has 4 heteroatoms. The predicted molar refractivity (Wildman–Crippen MR) is 76.5 cm³/mol. The number of aromatic amines is 1. The highest BCUT2D eigenvalue weighted by Crippen LogP contribution is 2.32. The Balaban J connectivity index is 2.15. The van der Waals surface area contributed by atoms with E-state index in [-0.39, 0.29) is 5.92 Å². The Bertz CT molecular complexity index is 771. The van der Waals surface area contributed by atoms with Gasteiger partial charge in [-0.3, -0.25) is 4.98 Å². The van der Waals surface area contributed by atoms with Crippen LogP contribution in [0, 0.1) is 11.3 Å². The van der Waals surface area contributed by atoms with Crippen LogP contribution in [0.4, 0.5) is 0 Å². The first kappa shape index (κ1) is 12.2. The van der Waals surface area contributed by atoms with E-state index in [1.165, 1.54) is 0 Å². The van der Waals surface area contributed by atoms with Gasteiger partial charge in [0, 0.05) is 29.5 Å². The molecule has 0 fully saturated rings. The number of fused-ring (bicyclic) bond motifs is 1. The fraction of sp³-hybridized carbons (Fsp3) is 0.125. The number of rotatable bonds is 3. The normalized spacial score (nSPS) is 12.0. The lowest BCUT2D eigenvalue weighted by Crippen LogP contribution is -1.97. The van der Waals surface area contributed by atoms with Crippen molar-refractivity contribution in [2.45, 2.75) is 5.92 Å². The molecule has 0 bridgehead atoms. The monoisotopic (exact) mass is 263 g/mol. The second-order valence-corrected chi connectivity index (χ2v) is 4.50. The number of nitrogens with one attached hydrogen (secondary N) is 1. The number of methoxy groups -OCH3 is 1. The van der Waals surface area contributed by atoms with E-state index in [1.807, 2.05) is 36.5 Å². The zero-order chi connectivity index (χ0) is 13.9. The van der Waals surface area contributed by atoms with E-state index >= 15 is 0 Å². The molecule has 3 rings (SSSR count). The van der Waals surface area contributed by atoms with Crippen molar-refractivity contribution in [2.24, 2.45) is 0 Å². The van der Waals surface area contributed by atoms with Crippen molar-refractivity contribution in [1.29, 1.82) is 5.26 Å². The van der Waals surface area contributed by atoms with E-state index in [9.17, 15) is 5.26 Å². The van der Waals surface area contributed by atoms with Gasteiger partial charge < -0.3 is 9.72 Å². The summed E-state index contributed by atoms with van der Waals surface area (Å²) in [4.78, 5) is 7.29. The Kier molecular flexibility index (Phi) is 3.10. The molecule has 20 heavy (non-hydrogen) atoms. The molecule has 1 aromatic carbocycles. The van der Waals surface area contributed by atoms with Gasteiger partial charge in [-0.2, -0.15) is 5.26 Å². The van der Waals surface area contributed by atoms with Gasteiger partial charge in [0.2, 0.25) is 0 Å². The minimum atomic E-state index is -0.343. The molecule has 3 aromatic rings. The van der Waals surface area contributed by atoms with Gasteiger partial charge in [0.05, 0.1) is 19.1 Å². The number of nitriles is 1. The lowest BCUT2D eigenvalue weighted by Gasteiger charge is -2.08. The number of pyridine rings is 1. The lowest BCUT2D eigenvalue weighted by molar-refractivity contribution is 0.415. The zero-order valence-corrected chi connectivity index (χ0v) is 11.0. The summed E-state index contributed by atoms with van der Waals surface area (Å²) in [6.45, 7) is 0. The van der Waals surface area contributed by atoms with Crippen LogP contribution >= 0.6 is 0 Å². The number of nitrogens with zero attached hydrogens (tertiary/aromatic N) is 2. The van der Waals surface area contributed by atoms with Crippen LogP contribution in [0.3, 0.4) is 0 Å². The SMILES string of the molecule is COc1ccc2[nH]cc(C(C#N)c3cccnc3)c2c1. The second-order valence-electron chi connectivity index (χ2n) is 4.50. The van der Waals surface area contributed by atoms with Crippen molar-refractivity contribution in [3.8, 4) is 11.8 Å². The molecule has 0 saturated heterocycles. The first-order valence-electron chi connectivity index (χ1n) is 6.28. The number of benzene rings is 1. The van der Waals surface area contributed by atoms with Crippen LogP contribution in [0.1, 0.15) is 17.0 Å². The van der Waals surface area contributed by atoms with Crippen LogP contribution in [0.2, 0.25) is 0 Å². The topological polar surface area (TPSA) is 61.7 Å². The molecular formula is C16H13N3O. The van der Waals surface area contributed by atoms with E-state index in [0.717, 1.165) is 27.8 Å². The minimum absolute atomic E-state index is 0.343. The summed E-state index contributed by atoms with van der Waals surface area (Å²) in [6, 6.07) is 11.9. The highest BCUT2D eigenvalue weighted by molar-refractivity contribution is 5.86. The standard InChI is InChI=1S/C16H13N3O/c1-20-12-4-5-16-13(7-12)15(10-19-16)14(8-17)11-3-2-6-18-9-11/h2-7,9-10,14,19H,1H3. The molecular weight excluding hydrogens is 250 g/mol. The molecule has 2 heterocycles. The Hall–Kier alpha value is -2.80. The summed E-state index contributed by atoms with van der Waals surface area (Å²) >= 11 is 0. The summed E-state index contributed by atoms with van der Waals surface area (Å²) in [5.74, 6) is 0.436. The molecule has 1 atom stereocenters. The highest BCUT2D eigenvalue weighted by atomic mass is 16.5. The molecule has 98 valence electrons. The first-order valence-corrected chi connectivity index (χ1v) is 6.28. The van der Waals surface area contributed by atoms with Crippen LogP contribution in [0.5, 0.6) is 5.75 Å². The molecule has 0 amide bonds. The zero-order valence-electron chi connectivity index (χ0n) is 11.0. The molecule has 0 saturated carbocycles. The van der Waals surface area contributed by atoms with E-state index < -0.39 is 0 Å². The van der Waals surface area contributed by atoms with Crippen molar-refractivity contribution in [1.82, 2.24) is 9.97 Å². The van der Waals surface area contributed by atoms with Crippen molar-refractivity contribution in [2.75, 3.05) is 7.11 Å². The van der Waals surface area contributed by atoms with Crippen LogP contribution in [-0.2, 0) is 0 Å². The van der Waals surface area contributed by atoms with E-state index in [2.05, 4.69) is 16.0 Å². The van der Waals surface area contributed by atoms with Crippen LogP contribution < -0.4 is 4.74 Å². The number of H-pyrrole nitrogens is 1. The summed E-state index contributed by atoms with van der Waals surface area (Å²) < 4.78 is 5.26. The predicted octanol–water partition coefficient (Wildman–Crippen LogP) is 3.23. The molecule has 0 aliphatic carbocycles. The molecule has 1 unspecified atom stereocenters. The third kappa shape index (κ3) is 1.99. The molecule has 0 aliphatic heterocycles. The second kappa shape index (κ2) is 5.06. The van der Waals surface area contributed by atoms with Gasteiger partial charge >= 0.3 is 0 Å². The molecule has 0 spiro atoms. The maximum Gasteiger partial charge on any atom is 0.119 e. The third-order valence-corrected chi connectivity index (χ3v) is 3.38. The number of hydrogen-bond acceptors (Lipinski definition) is 3. The van der Waals surface area contributed by atoms with Crippen molar-refractivity contribution < 1.29 is 4.74 Å². The smallest absolute Gasteiger partial charge is 0.119 e. The fourth-order valence-corrected chi connectivity index (χ4v) is 2.36. The molecule has 0 radical (unpaired) electrons. The summed E-state index contributed by atoms with van der Waals surface area (Å²) in [5.41, 5.74) is 2.82. The quantitative estimate of drug-likeness (QED) is 0.789. The Morgan fingerprint density at radius 1 is 1.35 bits per heavy atom. The summed E-state index contributed by atoms with van der Waals surface area (Å²) in [5, 5.41) is 10.5. The first-order chi connectivity index (χ1) is 9.83. The van der Waals surface area contributed by atoms with Crippen molar-refractivity contribution >= 4 is 10.9 Å². The maximum atomic E-state index is 9.51. The highest BCUT2D eigenvalue weighted by Gasteiger charge is 2.18. The summed E-state index contributed by atoms with van der Waals surface area (Å²) in [6.07, 6.45) is 5.31. The van der Waals surface area contributed by atoms with E-state index in [4.69, 9.17) is 4.74 Å². The number of ether oxygens (including phenoxy) is 1. The number of hydrogen-bond donors (Lipinski definition) is 1. The Morgan fingerprint density at radius 2 is 2.25 bits per heavy atom. The van der Waals surface area contributed by atoms with Gasteiger partial charge in [-0.05, 0) is 35.4 Å². The average Bonchev–Trinajstić information content (AvgIpc) is 2.92. The van der Waals surface area contributed by atoms with Crippen molar-refractivity contribution in [3.63, 3.8) is 0 Å². The van der Waals surface area contributed by atoms with Crippen LogP contribution in [0.15, 0.2) is 48.9 Å². The lowest BCUT2D eigenvalue weighted by atomic mass is 9.93. The molecule has 1 N–H and O–H groups in total. The van der Waals surface area contributed by atoms with Crippen molar-refractivity contribution in [3.05, 3.63) is 60.0 Å². The van der Waals surface area contributed by atoms with Gasteiger partial charge in [-0.25, -0.2) is 0 Å². The summed E-state index contributed by atoms with van der Waals surface area (Å²) in [7, 11) is 1.64. The van der Waals surface area contributed by atoms with Crippen LogP contribution in [-0.4, -0.2) is 17.1 Å². The minimum Gasteiger partial charge on any atom is -0.497 e. The molecule has 2 aromatic heterocycles. The molecule has 0 aliphatic rings. The van der Waals surface area contributed by atoms with Gasteiger partial charge in [-0.1, -0.05) is 6.07 Å². The van der Waals surface area contributed by atoms with Gasteiger partial charge in [0.15, 0.2) is 0 Å². The largest absolute Gasteiger partial charge is 0.497 e. The number of aromatic nitrogens is 2. The van der Waals surface area contributed by atoms with E-state index in [1.54, 1.807) is 19.5 Å². The van der Waals surface area contributed by atoms with Gasteiger partial charge in [0.25, 0.3) is 0 Å².